The maximum atomic E-state index is 2.79. The molecule has 0 bridgehead atoms. The van der Waals surface area contributed by atoms with Crippen LogP contribution in [0.5, 0.6) is 0 Å². The molecule has 0 N–H and O–H groups in total. The smallest absolute Gasteiger partial charge is 0.0255 e. The Labute approximate surface area is 87.3 Å². The van der Waals surface area contributed by atoms with Gasteiger partial charge in [0.15, 0.2) is 0 Å². The molecule has 2 unspecified atom stereocenters. The summed E-state index contributed by atoms with van der Waals surface area (Å²) in [5.41, 5.74) is 0. The summed E-state index contributed by atoms with van der Waals surface area (Å²) in [6.45, 7) is 7.58. The molecule has 3 saturated heterocycles. The minimum absolute atomic E-state index is 0.789. The first kappa shape index (κ1) is 9.17. The van der Waals surface area contributed by atoms with Crippen LogP contribution in [0.15, 0.2) is 0 Å². The van der Waals surface area contributed by atoms with Crippen molar-refractivity contribution >= 4 is 0 Å². The predicted molar refractivity (Wildman–Crippen MR) is 58.4 cm³/mol. The van der Waals surface area contributed by atoms with Gasteiger partial charge in [-0.15, -0.1) is 0 Å². The van der Waals surface area contributed by atoms with Crippen LogP contribution in [0.4, 0.5) is 0 Å². The van der Waals surface area contributed by atoms with E-state index < -0.39 is 0 Å². The molecule has 3 fully saturated rings. The second-order valence-electron chi connectivity index (χ2n) is 5.38. The van der Waals surface area contributed by atoms with Gasteiger partial charge in [0, 0.05) is 24.2 Å². The summed E-state index contributed by atoms with van der Waals surface area (Å²) >= 11 is 0. The molecule has 0 aromatic carbocycles. The van der Waals surface area contributed by atoms with Crippen molar-refractivity contribution in [3.63, 3.8) is 0 Å². The minimum Gasteiger partial charge on any atom is -0.295 e. The summed E-state index contributed by atoms with van der Waals surface area (Å²) in [4.78, 5) is 5.58. The van der Waals surface area contributed by atoms with Gasteiger partial charge in [-0.25, -0.2) is 0 Å². The first-order valence-corrected chi connectivity index (χ1v) is 6.30. The molecule has 2 nitrogen and oxygen atoms in total. The van der Waals surface area contributed by atoms with Crippen molar-refractivity contribution in [3.05, 3.63) is 0 Å². The predicted octanol–water partition coefficient (Wildman–Crippen LogP) is 1.71. The zero-order chi connectivity index (χ0) is 9.71. The number of hydrogen-bond acceptors (Lipinski definition) is 2. The highest BCUT2D eigenvalue weighted by molar-refractivity contribution is 5.03. The maximum Gasteiger partial charge on any atom is 0.0255 e. The normalized spacial score (nSPS) is 49.3. The first-order valence-electron chi connectivity index (χ1n) is 6.30. The van der Waals surface area contributed by atoms with Gasteiger partial charge in [0.25, 0.3) is 0 Å². The van der Waals surface area contributed by atoms with Gasteiger partial charge in [-0.3, -0.25) is 9.80 Å². The molecule has 0 aliphatic carbocycles. The van der Waals surface area contributed by atoms with Crippen molar-refractivity contribution in [1.29, 1.82) is 0 Å². The molecule has 80 valence electrons. The highest BCUT2D eigenvalue weighted by Crippen LogP contribution is 2.38. The van der Waals surface area contributed by atoms with E-state index in [-0.39, 0.29) is 0 Å². The molecular formula is C12H22N2. The number of hydrogen-bond donors (Lipinski definition) is 0. The van der Waals surface area contributed by atoms with Gasteiger partial charge in [-0.05, 0) is 52.6 Å². The number of rotatable bonds is 0. The molecule has 14 heavy (non-hydrogen) atoms. The lowest BCUT2D eigenvalue weighted by Crippen LogP contribution is -2.62. The Kier molecular flexibility index (Phi) is 2.10. The fourth-order valence-corrected chi connectivity index (χ4v) is 4.02. The summed E-state index contributed by atoms with van der Waals surface area (Å²) < 4.78 is 0. The number of piperazine rings is 1. The van der Waals surface area contributed by atoms with Crippen LogP contribution in [0.1, 0.15) is 39.5 Å². The quantitative estimate of drug-likeness (QED) is 0.579. The first-order chi connectivity index (χ1) is 6.79. The van der Waals surface area contributed by atoms with Crippen LogP contribution in [0.25, 0.3) is 0 Å². The van der Waals surface area contributed by atoms with E-state index in [4.69, 9.17) is 0 Å². The highest BCUT2D eigenvalue weighted by atomic mass is 15.4. The van der Waals surface area contributed by atoms with Gasteiger partial charge < -0.3 is 0 Å². The molecule has 0 radical (unpaired) electrons. The third kappa shape index (κ3) is 1.10. The van der Waals surface area contributed by atoms with Crippen LogP contribution in [0.2, 0.25) is 0 Å². The number of fused-ring (bicyclic) bond motifs is 3. The van der Waals surface area contributed by atoms with E-state index in [2.05, 4.69) is 23.6 Å². The molecule has 0 aromatic rings. The average molecular weight is 194 g/mol. The van der Waals surface area contributed by atoms with Crippen molar-refractivity contribution in [1.82, 2.24) is 9.80 Å². The van der Waals surface area contributed by atoms with E-state index in [9.17, 15) is 0 Å². The van der Waals surface area contributed by atoms with Crippen molar-refractivity contribution < 1.29 is 0 Å². The third-order valence-corrected chi connectivity index (χ3v) is 4.87. The molecular weight excluding hydrogens is 172 g/mol. The fourth-order valence-electron chi connectivity index (χ4n) is 4.02. The van der Waals surface area contributed by atoms with E-state index in [0.29, 0.717) is 0 Å². The zero-order valence-corrected chi connectivity index (χ0v) is 9.45. The lowest BCUT2D eigenvalue weighted by Gasteiger charge is -2.49. The summed E-state index contributed by atoms with van der Waals surface area (Å²) in [5, 5.41) is 0. The lowest BCUT2D eigenvalue weighted by molar-refractivity contribution is -0.0106. The van der Waals surface area contributed by atoms with E-state index in [0.717, 1.165) is 24.2 Å². The SMILES string of the molecule is CC1C(C)N2CCC[C@H]2[C@@H]2CCCN12. The molecule has 0 amide bonds. The molecule has 4 atom stereocenters. The minimum atomic E-state index is 0.789. The van der Waals surface area contributed by atoms with Crippen LogP contribution >= 0.6 is 0 Å². The molecule has 0 spiro atoms. The van der Waals surface area contributed by atoms with E-state index >= 15 is 0 Å². The van der Waals surface area contributed by atoms with Crippen LogP contribution in [0, 0.1) is 0 Å². The summed E-state index contributed by atoms with van der Waals surface area (Å²) in [6.07, 6.45) is 5.79. The Hall–Kier alpha value is -0.0800. The molecule has 3 rings (SSSR count). The molecule has 2 heteroatoms. The molecule has 3 aliphatic heterocycles. The molecule has 0 aromatic heterocycles. The largest absolute Gasteiger partial charge is 0.295 e. The maximum absolute atomic E-state index is 2.79. The third-order valence-electron chi connectivity index (χ3n) is 4.87. The summed E-state index contributed by atoms with van der Waals surface area (Å²) in [6, 6.07) is 3.39. The average Bonchev–Trinajstić information content (AvgIpc) is 2.80. The van der Waals surface area contributed by atoms with Crippen LogP contribution in [-0.4, -0.2) is 47.1 Å². The van der Waals surface area contributed by atoms with Crippen LogP contribution < -0.4 is 0 Å². The second kappa shape index (κ2) is 3.21. The highest BCUT2D eigenvalue weighted by Gasteiger charge is 2.47. The monoisotopic (exact) mass is 194 g/mol. The second-order valence-corrected chi connectivity index (χ2v) is 5.38. The van der Waals surface area contributed by atoms with Gasteiger partial charge in [0.1, 0.15) is 0 Å². The lowest BCUT2D eigenvalue weighted by atomic mass is 9.94. The molecule has 0 saturated carbocycles. The molecule has 3 aliphatic rings. The van der Waals surface area contributed by atoms with Crippen molar-refractivity contribution in [2.45, 2.75) is 63.7 Å². The Morgan fingerprint density at radius 1 is 0.786 bits per heavy atom. The number of nitrogens with zero attached hydrogens (tertiary/aromatic N) is 2. The zero-order valence-electron chi connectivity index (χ0n) is 9.45. The van der Waals surface area contributed by atoms with Crippen molar-refractivity contribution in [2.75, 3.05) is 13.1 Å². The van der Waals surface area contributed by atoms with Crippen molar-refractivity contribution in [3.8, 4) is 0 Å². The van der Waals surface area contributed by atoms with Gasteiger partial charge in [-0.2, -0.15) is 0 Å². The van der Waals surface area contributed by atoms with Crippen LogP contribution in [0.3, 0.4) is 0 Å². The van der Waals surface area contributed by atoms with Crippen molar-refractivity contribution in [2.24, 2.45) is 0 Å². The van der Waals surface area contributed by atoms with E-state index in [1.807, 2.05) is 0 Å². The molecule has 3 heterocycles. The van der Waals surface area contributed by atoms with Crippen LogP contribution in [-0.2, 0) is 0 Å². The standard InChI is InChI=1S/C12H22N2/c1-9-10(2)14-8-4-6-12(14)11-5-3-7-13(9)11/h9-12H,3-8H2,1-2H3/t9?,10?,11-,12-/m0/s1. The Morgan fingerprint density at radius 3 is 1.64 bits per heavy atom. The van der Waals surface area contributed by atoms with Gasteiger partial charge in [0.05, 0.1) is 0 Å². The van der Waals surface area contributed by atoms with Gasteiger partial charge >= 0.3 is 0 Å². The Morgan fingerprint density at radius 2 is 1.21 bits per heavy atom. The Bertz CT molecular complexity index is 204. The summed E-state index contributed by atoms with van der Waals surface area (Å²) in [5.74, 6) is 0. The fraction of sp³-hybridized carbons (Fsp3) is 1.00. The van der Waals surface area contributed by atoms with E-state index in [1.54, 1.807) is 0 Å². The topological polar surface area (TPSA) is 6.48 Å². The van der Waals surface area contributed by atoms with E-state index in [1.165, 1.54) is 38.8 Å². The Balaban J connectivity index is 1.89. The van der Waals surface area contributed by atoms with Gasteiger partial charge in [-0.1, -0.05) is 0 Å². The van der Waals surface area contributed by atoms with Gasteiger partial charge in [0.2, 0.25) is 0 Å². The summed E-state index contributed by atoms with van der Waals surface area (Å²) in [7, 11) is 0.